The smallest absolute Gasteiger partial charge is 0.251 e. The van der Waals surface area contributed by atoms with Crippen molar-refractivity contribution >= 4 is 24.2 Å². The van der Waals surface area contributed by atoms with Gasteiger partial charge in [0, 0.05) is 30.3 Å². The lowest BCUT2D eigenvalue weighted by molar-refractivity contribution is 0.0941. The molecule has 0 aliphatic carbocycles. The SMILES string of the molecule is CCCNC(=O)c1cccc(C(=O)N[C@@H](C)CN)c1.Cl. The summed E-state index contributed by atoms with van der Waals surface area (Å²) >= 11 is 0. The van der Waals surface area contributed by atoms with Gasteiger partial charge in [0.25, 0.3) is 11.8 Å². The van der Waals surface area contributed by atoms with Gasteiger partial charge in [0.15, 0.2) is 0 Å². The van der Waals surface area contributed by atoms with Crippen molar-refractivity contribution in [1.82, 2.24) is 10.6 Å². The van der Waals surface area contributed by atoms with Gasteiger partial charge >= 0.3 is 0 Å². The van der Waals surface area contributed by atoms with E-state index >= 15 is 0 Å². The number of benzene rings is 1. The van der Waals surface area contributed by atoms with E-state index in [0.29, 0.717) is 24.2 Å². The first-order valence-electron chi connectivity index (χ1n) is 6.47. The molecule has 1 rings (SSSR count). The highest BCUT2D eigenvalue weighted by molar-refractivity contribution is 5.99. The summed E-state index contributed by atoms with van der Waals surface area (Å²) in [5, 5.41) is 5.54. The van der Waals surface area contributed by atoms with Crippen LogP contribution in [0.25, 0.3) is 0 Å². The number of hydrogen-bond donors (Lipinski definition) is 3. The van der Waals surface area contributed by atoms with E-state index in [9.17, 15) is 9.59 Å². The van der Waals surface area contributed by atoms with E-state index in [2.05, 4.69) is 10.6 Å². The molecule has 20 heavy (non-hydrogen) atoms. The predicted octanol–water partition coefficient (Wildman–Crippen LogP) is 1.33. The summed E-state index contributed by atoms with van der Waals surface area (Å²) in [6, 6.07) is 6.56. The van der Waals surface area contributed by atoms with Crippen molar-refractivity contribution in [3.8, 4) is 0 Å². The average Bonchev–Trinajstić information content (AvgIpc) is 2.44. The van der Waals surface area contributed by atoms with Crippen LogP contribution in [0.5, 0.6) is 0 Å². The molecule has 0 saturated carbocycles. The molecule has 1 aromatic carbocycles. The number of rotatable bonds is 6. The Morgan fingerprint density at radius 1 is 1.25 bits per heavy atom. The fourth-order valence-corrected chi connectivity index (χ4v) is 1.51. The van der Waals surface area contributed by atoms with Crippen LogP contribution in [0.3, 0.4) is 0 Å². The van der Waals surface area contributed by atoms with Crippen LogP contribution in [0, 0.1) is 0 Å². The first kappa shape index (κ1) is 18.4. The minimum atomic E-state index is -0.219. The first-order valence-corrected chi connectivity index (χ1v) is 6.47. The van der Waals surface area contributed by atoms with E-state index in [0.717, 1.165) is 6.42 Å². The maximum atomic E-state index is 11.9. The molecule has 0 saturated heterocycles. The van der Waals surface area contributed by atoms with E-state index in [1.165, 1.54) is 0 Å². The highest BCUT2D eigenvalue weighted by Gasteiger charge is 2.11. The molecule has 0 spiro atoms. The van der Waals surface area contributed by atoms with Gasteiger partial charge in [-0.1, -0.05) is 13.0 Å². The monoisotopic (exact) mass is 299 g/mol. The van der Waals surface area contributed by atoms with Crippen molar-refractivity contribution in [2.75, 3.05) is 13.1 Å². The molecule has 0 unspecified atom stereocenters. The Balaban J connectivity index is 0.00000361. The molecule has 4 N–H and O–H groups in total. The summed E-state index contributed by atoms with van der Waals surface area (Å²) in [4.78, 5) is 23.7. The molecule has 0 fully saturated rings. The number of carbonyl (C=O) groups is 2. The van der Waals surface area contributed by atoms with Crippen molar-refractivity contribution < 1.29 is 9.59 Å². The Kier molecular flexibility index (Phi) is 8.59. The van der Waals surface area contributed by atoms with Gasteiger partial charge in [0.2, 0.25) is 0 Å². The number of carbonyl (C=O) groups excluding carboxylic acids is 2. The average molecular weight is 300 g/mol. The molecule has 6 heteroatoms. The summed E-state index contributed by atoms with van der Waals surface area (Å²) in [5.41, 5.74) is 6.40. The quantitative estimate of drug-likeness (QED) is 0.741. The molecule has 0 aliphatic heterocycles. The van der Waals surface area contributed by atoms with Gasteiger partial charge < -0.3 is 16.4 Å². The van der Waals surface area contributed by atoms with Crippen LogP contribution in [0.15, 0.2) is 24.3 Å². The topological polar surface area (TPSA) is 84.2 Å². The number of halogens is 1. The second-order valence-electron chi connectivity index (χ2n) is 4.45. The molecule has 0 radical (unpaired) electrons. The van der Waals surface area contributed by atoms with Crippen molar-refractivity contribution in [2.24, 2.45) is 5.73 Å². The number of nitrogens with one attached hydrogen (secondary N) is 2. The lowest BCUT2D eigenvalue weighted by atomic mass is 10.1. The third-order valence-corrected chi connectivity index (χ3v) is 2.65. The van der Waals surface area contributed by atoms with Gasteiger partial charge in [0.1, 0.15) is 0 Å². The Hall–Kier alpha value is -1.59. The van der Waals surface area contributed by atoms with Gasteiger partial charge in [-0.25, -0.2) is 0 Å². The van der Waals surface area contributed by atoms with E-state index < -0.39 is 0 Å². The molecule has 0 aliphatic rings. The van der Waals surface area contributed by atoms with Gasteiger partial charge in [-0.3, -0.25) is 9.59 Å². The van der Waals surface area contributed by atoms with Crippen molar-refractivity contribution in [2.45, 2.75) is 26.3 Å². The summed E-state index contributed by atoms with van der Waals surface area (Å²) in [7, 11) is 0. The third kappa shape index (κ3) is 5.59. The lowest BCUT2D eigenvalue weighted by Gasteiger charge is -2.11. The minimum absolute atomic E-state index is 0. The van der Waals surface area contributed by atoms with Crippen LogP contribution in [-0.4, -0.2) is 30.9 Å². The molecule has 1 aromatic rings. The molecule has 0 aromatic heterocycles. The molecule has 112 valence electrons. The normalized spacial score (nSPS) is 11.2. The van der Waals surface area contributed by atoms with Crippen molar-refractivity contribution in [3.05, 3.63) is 35.4 Å². The summed E-state index contributed by atoms with van der Waals surface area (Å²) in [6.07, 6.45) is 0.875. The summed E-state index contributed by atoms with van der Waals surface area (Å²) in [6.45, 7) is 4.82. The highest BCUT2D eigenvalue weighted by atomic mass is 35.5. The van der Waals surface area contributed by atoms with Crippen molar-refractivity contribution in [1.29, 1.82) is 0 Å². The fourth-order valence-electron chi connectivity index (χ4n) is 1.51. The second-order valence-corrected chi connectivity index (χ2v) is 4.45. The molecule has 5 nitrogen and oxygen atoms in total. The molecule has 0 bridgehead atoms. The zero-order valence-electron chi connectivity index (χ0n) is 11.8. The second kappa shape index (κ2) is 9.34. The lowest BCUT2D eigenvalue weighted by Crippen LogP contribution is -2.37. The Morgan fingerprint density at radius 2 is 1.85 bits per heavy atom. The van der Waals surface area contributed by atoms with E-state index in [1.807, 2.05) is 13.8 Å². The highest BCUT2D eigenvalue weighted by Crippen LogP contribution is 2.05. The zero-order valence-corrected chi connectivity index (χ0v) is 12.6. The maximum Gasteiger partial charge on any atom is 0.251 e. The van der Waals surface area contributed by atoms with E-state index in [-0.39, 0.29) is 30.3 Å². The molecular formula is C14H22ClN3O2. The zero-order chi connectivity index (χ0) is 14.3. The van der Waals surface area contributed by atoms with Crippen LogP contribution in [-0.2, 0) is 0 Å². The summed E-state index contributed by atoms with van der Waals surface area (Å²) in [5.74, 6) is -0.383. The Morgan fingerprint density at radius 3 is 2.40 bits per heavy atom. The third-order valence-electron chi connectivity index (χ3n) is 2.65. The standard InChI is InChI=1S/C14H21N3O2.ClH/c1-3-7-16-13(18)11-5-4-6-12(8-11)14(19)17-10(2)9-15;/h4-6,8,10H,3,7,9,15H2,1-2H3,(H,16,18)(H,17,19);1H/t10-;/m0./s1. The van der Waals surface area contributed by atoms with Gasteiger partial charge in [-0.2, -0.15) is 0 Å². The van der Waals surface area contributed by atoms with Gasteiger partial charge in [-0.15, -0.1) is 12.4 Å². The number of amides is 2. The van der Waals surface area contributed by atoms with E-state index in [4.69, 9.17) is 5.73 Å². The summed E-state index contributed by atoms with van der Waals surface area (Å²) < 4.78 is 0. The number of nitrogens with two attached hydrogens (primary N) is 1. The van der Waals surface area contributed by atoms with Gasteiger partial charge in [0.05, 0.1) is 0 Å². The predicted molar refractivity (Wildman–Crippen MR) is 82.3 cm³/mol. The molecule has 0 heterocycles. The van der Waals surface area contributed by atoms with E-state index in [1.54, 1.807) is 24.3 Å². The van der Waals surface area contributed by atoms with Crippen LogP contribution >= 0.6 is 12.4 Å². The maximum absolute atomic E-state index is 11.9. The molecular weight excluding hydrogens is 278 g/mol. The van der Waals surface area contributed by atoms with Crippen LogP contribution in [0.4, 0.5) is 0 Å². The largest absolute Gasteiger partial charge is 0.352 e. The molecule has 2 amide bonds. The Bertz CT molecular complexity index is 452. The molecule has 1 atom stereocenters. The van der Waals surface area contributed by atoms with Crippen molar-refractivity contribution in [3.63, 3.8) is 0 Å². The minimum Gasteiger partial charge on any atom is -0.352 e. The van der Waals surface area contributed by atoms with Crippen LogP contribution in [0.1, 0.15) is 41.0 Å². The van der Waals surface area contributed by atoms with Crippen LogP contribution in [0.2, 0.25) is 0 Å². The fraction of sp³-hybridized carbons (Fsp3) is 0.429. The number of hydrogen-bond acceptors (Lipinski definition) is 3. The van der Waals surface area contributed by atoms with Crippen LogP contribution < -0.4 is 16.4 Å². The Labute approximate surface area is 125 Å². The van der Waals surface area contributed by atoms with Gasteiger partial charge in [-0.05, 0) is 31.5 Å². The first-order chi connectivity index (χ1) is 9.08.